The lowest BCUT2D eigenvalue weighted by atomic mass is 10.2. The van der Waals surface area contributed by atoms with Gasteiger partial charge in [0.15, 0.2) is 0 Å². The van der Waals surface area contributed by atoms with Crippen LogP contribution in [0.15, 0.2) is 36.5 Å². The summed E-state index contributed by atoms with van der Waals surface area (Å²) in [5, 5.41) is 0. The van der Waals surface area contributed by atoms with E-state index in [0.717, 1.165) is 6.07 Å². The summed E-state index contributed by atoms with van der Waals surface area (Å²) >= 11 is 0. The molecule has 2 rings (SSSR count). The van der Waals surface area contributed by atoms with Gasteiger partial charge in [-0.25, -0.2) is 4.39 Å². The van der Waals surface area contributed by atoms with Gasteiger partial charge in [0.2, 0.25) is 0 Å². The summed E-state index contributed by atoms with van der Waals surface area (Å²) in [6, 6.07) is 5.53. The number of hydrogen-bond donors (Lipinski definition) is 1. The van der Waals surface area contributed by atoms with E-state index in [9.17, 15) is 17.6 Å². The van der Waals surface area contributed by atoms with Crippen molar-refractivity contribution in [1.82, 2.24) is 4.98 Å². The second-order valence-electron chi connectivity index (χ2n) is 3.93. The average molecular weight is 286 g/mol. The molecule has 0 spiro atoms. The molecule has 0 unspecified atom stereocenters. The third-order valence-electron chi connectivity index (χ3n) is 2.49. The van der Waals surface area contributed by atoms with Crippen LogP contribution >= 0.6 is 0 Å². The third kappa shape index (κ3) is 3.24. The lowest BCUT2D eigenvalue weighted by molar-refractivity contribution is -0.140. The Hall–Kier alpha value is -2.15. The molecule has 0 aliphatic heterocycles. The average Bonchev–Trinajstić information content (AvgIpc) is 2.40. The molecule has 0 aliphatic rings. The van der Waals surface area contributed by atoms with Crippen LogP contribution in [0.5, 0.6) is 11.5 Å². The standard InChI is InChI=1S/C13H10F4N2O/c14-12-4-3-9(5-11(12)13(15,16)17)20-10-2-1-8(6-18)19-7-10/h1-5,7H,6,18H2. The van der Waals surface area contributed by atoms with Crippen LogP contribution in [-0.4, -0.2) is 4.98 Å². The van der Waals surface area contributed by atoms with Gasteiger partial charge in [-0.3, -0.25) is 4.98 Å². The van der Waals surface area contributed by atoms with Gasteiger partial charge in [0.05, 0.1) is 17.5 Å². The summed E-state index contributed by atoms with van der Waals surface area (Å²) in [6.45, 7) is 0.245. The predicted octanol–water partition coefficient (Wildman–Crippen LogP) is 3.49. The van der Waals surface area contributed by atoms with Crippen LogP contribution in [-0.2, 0) is 12.7 Å². The van der Waals surface area contributed by atoms with Crippen molar-refractivity contribution in [2.45, 2.75) is 12.7 Å². The van der Waals surface area contributed by atoms with E-state index in [-0.39, 0.29) is 18.0 Å². The van der Waals surface area contributed by atoms with Gasteiger partial charge in [-0.15, -0.1) is 0 Å². The molecule has 1 heterocycles. The topological polar surface area (TPSA) is 48.1 Å². The van der Waals surface area contributed by atoms with Gasteiger partial charge < -0.3 is 10.5 Å². The molecule has 0 amide bonds. The Balaban J connectivity index is 2.25. The number of benzene rings is 1. The second kappa shape index (κ2) is 5.46. The van der Waals surface area contributed by atoms with Crippen LogP contribution in [0.2, 0.25) is 0 Å². The highest BCUT2D eigenvalue weighted by atomic mass is 19.4. The number of aromatic nitrogens is 1. The van der Waals surface area contributed by atoms with E-state index in [2.05, 4.69) is 4.98 Å². The molecule has 106 valence electrons. The van der Waals surface area contributed by atoms with E-state index in [1.54, 1.807) is 6.07 Å². The van der Waals surface area contributed by atoms with Crippen molar-refractivity contribution in [3.05, 3.63) is 53.6 Å². The highest BCUT2D eigenvalue weighted by Crippen LogP contribution is 2.34. The number of rotatable bonds is 3. The molecular formula is C13H10F4N2O. The lowest BCUT2D eigenvalue weighted by Gasteiger charge is -2.11. The fraction of sp³-hybridized carbons (Fsp3) is 0.154. The van der Waals surface area contributed by atoms with Gasteiger partial charge in [0.1, 0.15) is 17.3 Å². The largest absolute Gasteiger partial charge is 0.456 e. The maximum absolute atomic E-state index is 13.1. The van der Waals surface area contributed by atoms with Crippen molar-refractivity contribution in [1.29, 1.82) is 0 Å². The zero-order valence-electron chi connectivity index (χ0n) is 10.1. The second-order valence-corrected chi connectivity index (χ2v) is 3.93. The van der Waals surface area contributed by atoms with E-state index in [0.29, 0.717) is 17.8 Å². The molecule has 0 fully saturated rings. The van der Waals surface area contributed by atoms with E-state index in [4.69, 9.17) is 10.5 Å². The first-order valence-corrected chi connectivity index (χ1v) is 5.60. The smallest absolute Gasteiger partial charge is 0.419 e. The van der Waals surface area contributed by atoms with Crippen molar-refractivity contribution in [3.63, 3.8) is 0 Å². The van der Waals surface area contributed by atoms with Crippen LogP contribution in [0.1, 0.15) is 11.3 Å². The van der Waals surface area contributed by atoms with Crippen LogP contribution in [0, 0.1) is 5.82 Å². The summed E-state index contributed by atoms with van der Waals surface area (Å²) in [7, 11) is 0. The normalized spacial score (nSPS) is 11.4. The first-order valence-electron chi connectivity index (χ1n) is 5.60. The van der Waals surface area contributed by atoms with Crippen LogP contribution in [0.3, 0.4) is 0 Å². The number of ether oxygens (including phenoxy) is 1. The summed E-state index contributed by atoms with van der Waals surface area (Å²) in [5.74, 6) is -1.23. The molecule has 0 bridgehead atoms. The first-order chi connectivity index (χ1) is 9.40. The Bertz CT molecular complexity index is 596. The van der Waals surface area contributed by atoms with Gasteiger partial charge in [-0.05, 0) is 30.3 Å². The zero-order chi connectivity index (χ0) is 14.8. The molecule has 0 radical (unpaired) electrons. The number of hydrogen-bond acceptors (Lipinski definition) is 3. The molecule has 1 aromatic heterocycles. The molecule has 3 nitrogen and oxygen atoms in total. The Morgan fingerprint density at radius 3 is 2.35 bits per heavy atom. The molecule has 2 aromatic rings. The number of nitrogens with zero attached hydrogens (tertiary/aromatic N) is 1. The molecule has 0 atom stereocenters. The molecule has 0 saturated carbocycles. The molecule has 2 N–H and O–H groups in total. The molecule has 1 aromatic carbocycles. The fourth-order valence-electron chi connectivity index (χ4n) is 1.51. The number of halogens is 4. The number of nitrogens with two attached hydrogens (primary N) is 1. The molecular weight excluding hydrogens is 276 g/mol. The number of pyridine rings is 1. The monoisotopic (exact) mass is 286 g/mol. The minimum absolute atomic E-state index is 0.124. The molecule has 20 heavy (non-hydrogen) atoms. The Labute approximate surface area is 112 Å². The van der Waals surface area contributed by atoms with Gasteiger partial charge in [0.25, 0.3) is 0 Å². The Morgan fingerprint density at radius 1 is 1.10 bits per heavy atom. The minimum Gasteiger partial charge on any atom is -0.456 e. The van der Waals surface area contributed by atoms with Crippen molar-refractivity contribution < 1.29 is 22.3 Å². The quantitative estimate of drug-likeness (QED) is 0.879. The SMILES string of the molecule is NCc1ccc(Oc2ccc(F)c(C(F)(F)F)c2)cn1. The molecule has 0 saturated heterocycles. The van der Waals surface area contributed by atoms with Crippen LogP contribution < -0.4 is 10.5 Å². The lowest BCUT2D eigenvalue weighted by Crippen LogP contribution is -2.08. The molecule has 7 heteroatoms. The highest BCUT2D eigenvalue weighted by molar-refractivity contribution is 5.35. The third-order valence-corrected chi connectivity index (χ3v) is 2.49. The van der Waals surface area contributed by atoms with Gasteiger partial charge >= 0.3 is 6.18 Å². The van der Waals surface area contributed by atoms with Crippen molar-refractivity contribution in [3.8, 4) is 11.5 Å². The summed E-state index contributed by atoms with van der Waals surface area (Å²) in [5.41, 5.74) is 4.61. The van der Waals surface area contributed by atoms with E-state index in [1.165, 1.54) is 12.3 Å². The van der Waals surface area contributed by atoms with E-state index < -0.39 is 17.6 Å². The van der Waals surface area contributed by atoms with Crippen LogP contribution in [0.4, 0.5) is 17.6 Å². The maximum Gasteiger partial charge on any atom is 0.419 e. The Morgan fingerprint density at radius 2 is 1.80 bits per heavy atom. The maximum atomic E-state index is 13.1. The van der Waals surface area contributed by atoms with Gasteiger partial charge in [-0.1, -0.05) is 0 Å². The number of alkyl halides is 3. The highest BCUT2D eigenvalue weighted by Gasteiger charge is 2.34. The van der Waals surface area contributed by atoms with Crippen molar-refractivity contribution in [2.75, 3.05) is 0 Å². The minimum atomic E-state index is -4.77. The van der Waals surface area contributed by atoms with Gasteiger partial charge in [0, 0.05) is 6.54 Å². The van der Waals surface area contributed by atoms with E-state index >= 15 is 0 Å². The zero-order valence-corrected chi connectivity index (χ0v) is 10.1. The van der Waals surface area contributed by atoms with Crippen molar-refractivity contribution in [2.24, 2.45) is 5.73 Å². The Kier molecular flexibility index (Phi) is 3.89. The van der Waals surface area contributed by atoms with Gasteiger partial charge in [-0.2, -0.15) is 13.2 Å². The van der Waals surface area contributed by atoms with E-state index in [1.807, 2.05) is 0 Å². The summed E-state index contributed by atoms with van der Waals surface area (Å²) in [6.07, 6.45) is -3.44. The van der Waals surface area contributed by atoms with Crippen molar-refractivity contribution >= 4 is 0 Å². The predicted molar refractivity (Wildman–Crippen MR) is 63.6 cm³/mol. The summed E-state index contributed by atoms with van der Waals surface area (Å²) < 4.78 is 55.9. The summed E-state index contributed by atoms with van der Waals surface area (Å²) in [4.78, 5) is 3.94. The fourth-order valence-corrected chi connectivity index (χ4v) is 1.51. The molecule has 0 aliphatic carbocycles. The van der Waals surface area contributed by atoms with Crippen LogP contribution in [0.25, 0.3) is 0 Å². The first kappa shape index (κ1) is 14.3.